The van der Waals surface area contributed by atoms with Crippen LogP contribution in [-0.2, 0) is 24.7 Å². The number of rotatable bonds is 15. The van der Waals surface area contributed by atoms with Crippen molar-refractivity contribution in [2.75, 3.05) is 27.4 Å². The third-order valence-corrected chi connectivity index (χ3v) is 9.03. The second-order valence-electron chi connectivity index (χ2n) is 14.1. The van der Waals surface area contributed by atoms with Gasteiger partial charge in [-0.25, -0.2) is 0 Å². The molecule has 3 aromatic rings. The fourth-order valence-corrected chi connectivity index (χ4v) is 6.60. The normalized spacial score (nSPS) is 15.3. The predicted octanol–water partition coefficient (Wildman–Crippen LogP) is 7.71. The summed E-state index contributed by atoms with van der Waals surface area (Å²) < 4.78 is 23.8. The second kappa shape index (κ2) is 18.8. The first-order chi connectivity index (χ1) is 23.6. The molecule has 49 heavy (non-hydrogen) atoms. The van der Waals surface area contributed by atoms with Crippen LogP contribution in [0.3, 0.4) is 0 Å². The highest BCUT2D eigenvalue weighted by molar-refractivity contribution is 5.81. The van der Waals surface area contributed by atoms with E-state index in [9.17, 15) is 9.59 Å². The summed E-state index contributed by atoms with van der Waals surface area (Å²) in [6.07, 6.45) is 9.44. The molecule has 1 aliphatic rings. The summed E-state index contributed by atoms with van der Waals surface area (Å²) in [5.74, 6) is 1.01. The molecule has 0 aromatic heterocycles. The standard InChI is InChI=1S/C41H56N2O6/c1-40(2,3)43-35(29-48-39(45)28-27-38(44)42-34-17-13-8-6-7-9-14-18-34)30-49-41(31-15-11-10-12-16-31,32-19-23-36(46-4)24-20-32)33-21-25-37(47-5)26-22-33/h10-12,15-16,19-26,34-35,43H,6-9,13-14,17-18,27-30H2,1-5H3,(H,42,44)/t35-/m1/s1. The lowest BCUT2D eigenvalue weighted by atomic mass is 9.80. The van der Waals surface area contributed by atoms with Crippen molar-refractivity contribution in [3.05, 3.63) is 95.6 Å². The second-order valence-corrected chi connectivity index (χ2v) is 14.1. The van der Waals surface area contributed by atoms with Crippen LogP contribution in [0, 0.1) is 0 Å². The molecule has 3 aromatic carbocycles. The first-order valence-corrected chi connectivity index (χ1v) is 17.8. The van der Waals surface area contributed by atoms with E-state index in [2.05, 4.69) is 43.5 Å². The summed E-state index contributed by atoms with van der Waals surface area (Å²) in [6, 6.07) is 25.8. The largest absolute Gasteiger partial charge is 0.497 e. The highest BCUT2D eigenvalue weighted by Gasteiger charge is 2.39. The fourth-order valence-electron chi connectivity index (χ4n) is 6.60. The number of hydrogen-bond donors (Lipinski definition) is 2. The van der Waals surface area contributed by atoms with E-state index in [0.29, 0.717) is 0 Å². The van der Waals surface area contributed by atoms with Crippen molar-refractivity contribution >= 4 is 11.9 Å². The van der Waals surface area contributed by atoms with Gasteiger partial charge in [0.25, 0.3) is 0 Å². The number of carbonyl (C=O) groups is 2. The van der Waals surface area contributed by atoms with Gasteiger partial charge in [-0.2, -0.15) is 0 Å². The zero-order valence-corrected chi connectivity index (χ0v) is 30.1. The zero-order chi connectivity index (χ0) is 35.1. The van der Waals surface area contributed by atoms with Crippen molar-refractivity contribution in [2.45, 2.75) is 108 Å². The Morgan fingerprint density at radius 1 is 0.694 bits per heavy atom. The Hall–Kier alpha value is -3.88. The van der Waals surface area contributed by atoms with Crippen LogP contribution in [0.4, 0.5) is 0 Å². The van der Waals surface area contributed by atoms with Gasteiger partial charge in [-0.1, -0.05) is 93.1 Å². The van der Waals surface area contributed by atoms with E-state index in [1.54, 1.807) is 14.2 Å². The molecule has 8 nitrogen and oxygen atoms in total. The van der Waals surface area contributed by atoms with Crippen molar-refractivity contribution in [1.82, 2.24) is 10.6 Å². The third kappa shape index (κ3) is 11.6. The van der Waals surface area contributed by atoms with Gasteiger partial charge in [-0.05, 0) is 74.6 Å². The van der Waals surface area contributed by atoms with Crippen LogP contribution in [-0.4, -0.2) is 56.9 Å². The lowest BCUT2D eigenvalue weighted by Crippen LogP contribution is -2.50. The summed E-state index contributed by atoms with van der Waals surface area (Å²) in [5.41, 5.74) is 1.49. The van der Waals surface area contributed by atoms with Crippen molar-refractivity contribution < 1.29 is 28.5 Å². The Bertz CT molecular complexity index is 1360. The Kier molecular flexibility index (Phi) is 14.5. The lowest BCUT2D eigenvalue weighted by Gasteiger charge is -2.38. The van der Waals surface area contributed by atoms with Crippen molar-refractivity contribution in [2.24, 2.45) is 0 Å². The summed E-state index contributed by atoms with van der Waals surface area (Å²) in [6.45, 7) is 6.53. The van der Waals surface area contributed by atoms with Crippen LogP contribution in [0.1, 0.15) is 102 Å². The average Bonchev–Trinajstić information content (AvgIpc) is 3.24. The van der Waals surface area contributed by atoms with Gasteiger partial charge in [0.1, 0.15) is 23.7 Å². The number of methoxy groups -OCH3 is 2. The van der Waals surface area contributed by atoms with Crippen LogP contribution in [0.15, 0.2) is 78.9 Å². The van der Waals surface area contributed by atoms with Crippen LogP contribution in [0.2, 0.25) is 0 Å². The summed E-state index contributed by atoms with van der Waals surface area (Å²) >= 11 is 0. The smallest absolute Gasteiger partial charge is 0.306 e. The number of carbonyl (C=O) groups excluding carboxylic acids is 2. The van der Waals surface area contributed by atoms with Crippen LogP contribution < -0.4 is 20.1 Å². The third-order valence-electron chi connectivity index (χ3n) is 9.03. The minimum Gasteiger partial charge on any atom is -0.497 e. The highest BCUT2D eigenvalue weighted by atomic mass is 16.5. The molecule has 0 bridgehead atoms. The molecule has 266 valence electrons. The Balaban J connectivity index is 1.50. The molecule has 0 unspecified atom stereocenters. The Labute approximate surface area is 293 Å². The molecule has 0 aliphatic heterocycles. The molecule has 8 heteroatoms. The Morgan fingerprint density at radius 3 is 1.71 bits per heavy atom. The molecule has 0 spiro atoms. The molecule has 2 N–H and O–H groups in total. The predicted molar refractivity (Wildman–Crippen MR) is 194 cm³/mol. The fraction of sp³-hybridized carbons (Fsp3) is 0.512. The zero-order valence-electron chi connectivity index (χ0n) is 30.1. The number of esters is 1. The quantitative estimate of drug-likeness (QED) is 0.126. The summed E-state index contributed by atoms with van der Waals surface area (Å²) in [7, 11) is 3.30. The van der Waals surface area contributed by atoms with Gasteiger partial charge < -0.3 is 29.6 Å². The minimum atomic E-state index is -1.00. The topological polar surface area (TPSA) is 95.1 Å². The van der Waals surface area contributed by atoms with Crippen molar-refractivity contribution in [3.8, 4) is 11.5 Å². The van der Waals surface area contributed by atoms with Gasteiger partial charge in [0.15, 0.2) is 0 Å². The number of amides is 1. The lowest BCUT2D eigenvalue weighted by molar-refractivity contribution is -0.146. The number of nitrogens with one attached hydrogen (secondary N) is 2. The van der Waals surface area contributed by atoms with E-state index >= 15 is 0 Å². The van der Waals surface area contributed by atoms with E-state index in [1.807, 2.05) is 66.7 Å². The van der Waals surface area contributed by atoms with Gasteiger partial charge in [0.05, 0.1) is 33.3 Å². The van der Waals surface area contributed by atoms with Gasteiger partial charge in [-0.3, -0.25) is 9.59 Å². The molecular formula is C41H56N2O6. The van der Waals surface area contributed by atoms with Gasteiger partial charge in [0, 0.05) is 18.0 Å². The van der Waals surface area contributed by atoms with E-state index in [0.717, 1.165) is 53.9 Å². The van der Waals surface area contributed by atoms with Crippen LogP contribution in [0.25, 0.3) is 0 Å². The molecule has 1 fully saturated rings. The molecule has 0 radical (unpaired) electrons. The maximum atomic E-state index is 12.9. The van der Waals surface area contributed by atoms with E-state index in [-0.39, 0.29) is 49.6 Å². The highest BCUT2D eigenvalue weighted by Crippen LogP contribution is 2.41. The van der Waals surface area contributed by atoms with Gasteiger partial charge in [0.2, 0.25) is 5.91 Å². The SMILES string of the molecule is COc1ccc(C(OC[C@@H](COC(=O)CCC(=O)NC2CCCCCCCC2)NC(C)(C)C)(c2ccccc2)c2ccc(OC)cc2)cc1. The first kappa shape index (κ1) is 37.9. The number of benzene rings is 3. The molecule has 1 amide bonds. The molecule has 4 rings (SSSR count). The Morgan fingerprint density at radius 2 is 1.20 bits per heavy atom. The van der Waals surface area contributed by atoms with E-state index in [4.69, 9.17) is 18.9 Å². The monoisotopic (exact) mass is 672 g/mol. The number of ether oxygens (including phenoxy) is 4. The van der Waals surface area contributed by atoms with Crippen LogP contribution in [0.5, 0.6) is 11.5 Å². The molecule has 1 aliphatic carbocycles. The molecule has 1 saturated carbocycles. The van der Waals surface area contributed by atoms with E-state index in [1.165, 1.54) is 25.7 Å². The summed E-state index contributed by atoms with van der Waals surface area (Å²) in [5, 5.41) is 6.76. The average molecular weight is 673 g/mol. The van der Waals surface area contributed by atoms with E-state index < -0.39 is 11.6 Å². The van der Waals surface area contributed by atoms with Crippen molar-refractivity contribution in [1.29, 1.82) is 0 Å². The van der Waals surface area contributed by atoms with Gasteiger partial charge >= 0.3 is 5.97 Å². The van der Waals surface area contributed by atoms with Gasteiger partial charge in [-0.15, -0.1) is 0 Å². The minimum absolute atomic E-state index is 0.0350. The van der Waals surface area contributed by atoms with Crippen LogP contribution >= 0.6 is 0 Å². The molecule has 0 saturated heterocycles. The maximum absolute atomic E-state index is 12.9. The molecular weight excluding hydrogens is 616 g/mol. The molecule has 0 heterocycles. The molecule has 1 atom stereocenters. The van der Waals surface area contributed by atoms with Crippen molar-refractivity contribution in [3.63, 3.8) is 0 Å². The first-order valence-electron chi connectivity index (χ1n) is 17.8. The number of hydrogen-bond acceptors (Lipinski definition) is 7. The maximum Gasteiger partial charge on any atom is 0.306 e. The summed E-state index contributed by atoms with van der Waals surface area (Å²) in [4.78, 5) is 25.7.